The van der Waals surface area contributed by atoms with Crippen molar-refractivity contribution in [3.63, 3.8) is 0 Å². The molecule has 0 bridgehead atoms. The molecule has 2 rings (SSSR count). The van der Waals surface area contributed by atoms with E-state index in [4.69, 9.17) is 0 Å². The lowest BCUT2D eigenvalue weighted by molar-refractivity contribution is 0.281. The maximum atomic E-state index is 12.5. The first-order chi connectivity index (χ1) is 10.1. The molecule has 0 aliphatic rings. The summed E-state index contributed by atoms with van der Waals surface area (Å²) in [7, 11) is -3.59. The predicted octanol–water partition coefficient (Wildman–Crippen LogP) is 2.22. The lowest BCUT2D eigenvalue weighted by atomic mass is 10.1. The van der Waals surface area contributed by atoms with Gasteiger partial charge >= 0.3 is 0 Å². The third-order valence-corrected chi connectivity index (χ3v) is 4.78. The van der Waals surface area contributed by atoms with Crippen molar-refractivity contribution in [2.24, 2.45) is 0 Å². The zero-order chi connectivity index (χ0) is 15.3. The Kier molecular flexibility index (Phi) is 5.12. The highest BCUT2D eigenvalue weighted by Gasteiger charge is 2.18. The van der Waals surface area contributed by atoms with E-state index in [2.05, 4.69) is 4.72 Å². The first-order valence-corrected chi connectivity index (χ1v) is 8.31. The molecule has 4 nitrogen and oxygen atoms in total. The fraction of sp³-hybridized carbons (Fsp3) is 0.250. The molecular formula is C16H19NO3S. The van der Waals surface area contributed by atoms with Crippen molar-refractivity contribution in [1.29, 1.82) is 0 Å². The van der Waals surface area contributed by atoms with Crippen LogP contribution in [0.3, 0.4) is 0 Å². The zero-order valence-corrected chi connectivity index (χ0v) is 12.7. The molecule has 0 heterocycles. The molecule has 0 aliphatic heterocycles. The summed E-state index contributed by atoms with van der Waals surface area (Å²) in [4.78, 5) is 0.243. The number of nitrogens with one attached hydrogen (secondary N) is 1. The molecule has 0 aromatic heterocycles. The minimum atomic E-state index is -3.59. The SMILES string of the molecule is CCc1ccc(CO)cc1S(=O)(=O)NCc1ccccc1. The van der Waals surface area contributed by atoms with Crippen molar-refractivity contribution in [2.45, 2.75) is 31.4 Å². The fourth-order valence-corrected chi connectivity index (χ4v) is 3.47. The smallest absolute Gasteiger partial charge is 0.241 e. The van der Waals surface area contributed by atoms with Gasteiger partial charge in [-0.1, -0.05) is 49.4 Å². The van der Waals surface area contributed by atoms with E-state index in [0.717, 1.165) is 11.1 Å². The van der Waals surface area contributed by atoms with E-state index >= 15 is 0 Å². The number of hydrogen-bond acceptors (Lipinski definition) is 3. The van der Waals surface area contributed by atoms with Crippen LogP contribution in [0.1, 0.15) is 23.6 Å². The van der Waals surface area contributed by atoms with Crippen LogP contribution in [0.2, 0.25) is 0 Å². The average molecular weight is 305 g/mol. The van der Waals surface area contributed by atoms with Crippen LogP contribution in [0.25, 0.3) is 0 Å². The monoisotopic (exact) mass is 305 g/mol. The van der Waals surface area contributed by atoms with Crippen molar-refractivity contribution < 1.29 is 13.5 Å². The van der Waals surface area contributed by atoms with E-state index in [1.165, 1.54) is 6.07 Å². The van der Waals surface area contributed by atoms with Crippen molar-refractivity contribution in [1.82, 2.24) is 4.72 Å². The number of benzene rings is 2. The number of sulfonamides is 1. The third-order valence-electron chi connectivity index (χ3n) is 3.29. The van der Waals surface area contributed by atoms with Gasteiger partial charge in [0, 0.05) is 6.54 Å². The van der Waals surface area contributed by atoms with E-state index in [9.17, 15) is 13.5 Å². The highest BCUT2D eigenvalue weighted by atomic mass is 32.2. The van der Waals surface area contributed by atoms with Crippen LogP contribution in [-0.2, 0) is 29.6 Å². The molecule has 2 N–H and O–H groups in total. The standard InChI is InChI=1S/C16H19NO3S/c1-2-15-9-8-14(12-18)10-16(15)21(19,20)17-11-13-6-4-3-5-7-13/h3-10,17-18H,2,11-12H2,1H3. The molecule has 21 heavy (non-hydrogen) atoms. The van der Waals surface area contributed by atoms with Gasteiger partial charge in [-0.05, 0) is 29.2 Å². The highest BCUT2D eigenvalue weighted by Crippen LogP contribution is 2.19. The van der Waals surface area contributed by atoms with Gasteiger partial charge < -0.3 is 5.11 Å². The van der Waals surface area contributed by atoms with Crippen LogP contribution < -0.4 is 4.72 Å². The normalized spacial score (nSPS) is 11.5. The van der Waals surface area contributed by atoms with Crippen LogP contribution in [0.15, 0.2) is 53.4 Å². The second-order valence-corrected chi connectivity index (χ2v) is 6.50. The van der Waals surface area contributed by atoms with Crippen molar-refractivity contribution in [2.75, 3.05) is 0 Å². The van der Waals surface area contributed by atoms with Crippen molar-refractivity contribution in [3.05, 3.63) is 65.2 Å². The molecule has 0 fully saturated rings. The topological polar surface area (TPSA) is 66.4 Å². The minimum absolute atomic E-state index is 0.175. The largest absolute Gasteiger partial charge is 0.392 e. The van der Waals surface area contributed by atoms with E-state index in [-0.39, 0.29) is 18.0 Å². The molecule has 0 saturated carbocycles. The number of aryl methyl sites for hydroxylation is 1. The van der Waals surface area contributed by atoms with Gasteiger partial charge in [-0.2, -0.15) is 0 Å². The van der Waals surface area contributed by atoms with E-state index in [1.807, 2.05) is 37.3 Å². The highest BCUT2D eigenvalue weighted by molar-refractivity contribution is 7.89. The van der Waals surface area contributed by atoms with Crippen molar-refractivity contribution >= 4 is 10.0 Å². The van der Waals surface area contributed by atoms with Gasteiger partial charge in [0.05, 0.1) is 11.5 Å². The maximum Gasteiger partial charge on any atom is 0.241 e. The average Bonchev–Trinajstić information content (AvgIpc) is 2.53. The molecule has 5 heteroatoms. The molecule has 0 atom stereocenters. The van der Waals surface area contributed by atoms with Crippen LogP contribution in [0.5, 0.6) is 0 Å². The van der Waals surface area contributed by atoms with E-state index in [1.54, 1.807) is 12.1 Å². The van der Waals surface area contributed by atoms with Crippen molar-refractivity contribution in [3.8, 4) is 0 Å². The number of hydrogen-bond donors (Lipinski definition) is 2. The molecule has 0 amide bonds. The number of aliphatic hydroxyl groups excluding tert-OH is 1. The lowest BCUT2D eigenvalue weighted by Crippen LogP contribution is -2.24. The molecule has 2 aromatic rings. The Labute approximate surface area is 125 Å². The summed E-state index contributed by atoms with van der Waals surface area (Å²) in [5, 5.41) is 9.18. The molecular weight excluding hydrogens is 286 g/mol. The van der Waals surface area contributed by atoms with Gasteiger partial charge in [0.2, 0.25) is 10.0 Å². The Morgan fingerprint density at radius 2 is 1.76 bits per heavy atom. The van der Waals surface area contributed by atoms with Gasteiger partial charge in [0.25, 0.3) is 0 Å². The predicted molar refractivity (Wildman–Crippen MR) is 82.2 cm³/mol. The number of rotatable bonds is 6. The summed E-state index contributed by atoms with van der Waals surface area (Å²) in [6.45, 7) is 1.98. The lowest BCUT2D eigenvalue weighted by Gasteiger charge is -2.12. The summed E-state index contributed by atoms with van der Waals surface area (Å²) < 4.78 is 27.5. The minimum Gasteiger partial charge on any atom is -0.392 e. The fourth-order valence-electron chi connectivity index (χ4n) is 2.09. The zero-order valence-electron chi connectivity index (χ0n) is 11.9. The molecule has 2 aromatic carbocycles. The maximum absolute atomic E-state index is 12.5. The first-order valence-electron chi connectivity index (χ1n) is 6.83. The van der Waals surface area contributed by atoms with Crippen LogP contribution in [0, 0.1) is 0 Å². The van der Waals surface area contributed by atoms with Gasteiger partial charge in [0.15, 0.2) is 0 Å². The van der Waals surface area contributed by atoms with Gasteiger partial charge in [-0.15, -0.1) is 0 Å². The third kappa shape index (κ3) is 3.91. The van der Waals surface area contributed by atoms with Gasteiger partial charge in [-0.3, -0.25) is 0 Å². The molecule has 0 radical (unpaired) electrons. The Morgan fingerprint density at radius 3 is 2.38 bits per heavy atom. The Morgan fingerprint density at radius 1 is 1.05 bits per heavy atom. The summed E-state index contributed by atoms with van der Waals surface area (Å²) in [6.07, 6.45) is 0.618. The van der Waals surface area contributed by atoms with E-state index < -0.39 is 10.0 Å². The molecule has 112 valence electrons. The van der Waals surface area contributed by atoms with Gasteiger partial charge in [-0.25, -0.2) is 13.1 Å². The van der Waals surface area contributed by atoms with Gasteiger partial charge in [0.1, 0.15) is 0 Å². The van der Waals surface area contributed by atoms with E-state index in [0.29, 0.717) is 12.0 Å². The molecule has 0 aliphatic carbocycles. The Balaban J connectivity index is 2.26. The summed E-state index contributed by atoms with van der Waals surface area (Å²) in [6, 6.07) is 14.4. The summed E-state index contributed by atoms with van der Waals surface area (Å²) in [5.74, 6) is 0. The summed E-state index contributed by atoms with van der Waals surface area (Å²) in [5.41, 5.74) is 2.23. The molecule has 0 spiro atoms. The van der Waals surface area contributed by atoms with Crippen LogP contribution in [-0.4, -0.2) is 13.5 Å². The quantitative estimate of drug-likeness (QED) is 0.860. The first kappa shape index (κ1) is 15.7. The summed E-state index contributed by atoms with van der Waals surface area (Å²) >= 11 is 0. The molecule has 0 saturated heterocycles. The Hall–Kier alpha value is -1.69. The van der Waals surface area contributed by atoms with Crippen LogP contribution in [0.4, 0.5) is 0 Å². The van der Waals surface area contributed by atoms with Crippen LogP contribution >= 0.6 is 0 Å². The Bertz CT molecular complexity index is 697. The second kappa shape index (κ2) is 6.85. The number of aliphatic hydroxyl groups is 1. The second-order valence-electron chi connectivity index (χ2n) is 4.76. The molecule has 0 unspecified atom stereocenters.